The van der Waals surface area contributed by atoms with Crippen LogP contribution in [0, 0.1) is 22.7 Å². The van der Waals surface area contributed by atoms with Gasteiger partial charge in [0.05, 0.1) is 5.69 Å². The van der Waals surface area contributed by atoms with Crippen LogP contribution in [0.3, 0.4) is 0 Å². The molecule has 0 aliphatic carbocycles. The van der Waals surface area contributed by atoms with E-state index < -0.39 is 0 Å². The number of nitrogens with zero attached hydrogens (tertiary/aromatic N) is 4. The van der Waals surface area contributed by atoms with Gasteiger partial charge in [0.25, 0.3) is 0 Å². The molecule has 1 aromatic heterocycles. The fraction of sp³-hybridized carbons (Fsp3) is 0. The Kier molecular flexibility index (Phi) is 4.26. The average molecular weight is 263 g/mol. The first-order valence-corrected chi connectivity index (χ1v) is 5.64. The van der Waals surface area contributed by atoms with Gasteiger partial charge in [-0.05, 0) is 30.3 Å². The topological polar surface area (TPSA) is 94.1 Å². The summed E-state index contributed by atoms with van der Waals surface area (Å²) in [6.07, 6.45) is 1.64. The van der Waals surface area contributed by atoms with E-state index in [1.807, 2.05) is 6.07 Å². The molecule has 1 N–H and O–H groups in total. The van der Waals surface area contributed by atoms with Crippen LogP contribution >= 0.6 is 0 Å². The summed E-state index contributed by atoms with van der Waals surface area (Å²) in [6.45, 7) is 0. The maximum Gasteiger partial charge on any atom is 0.237 e. The van der Waals surface area contributed by atoms with Crippen molar-refractivity contribution in [2.24, 2.45) is 5.10 Å². The molecule has 0 saturated heterocycles. The van der Waals surface area contributed by atoms with Gasteiger partial charge in [0.2, 0.25) is 11.6 Å². The molecule has 1 aromatic carbocycles. The molecule has 0 fully saturated rings. The van der Waals surface area contributed by atoms with Crippen molar-refractivity contribution in [3.8, 4) is 23.8 Å². The predicted octanol–water partition coefficient (Wildman–Crippen LogP) is 2.69. The zero-order chi connectivity index (χ0) is 14.2. The van der Waals surface area contributed by atoms with Gasteiger partial charge in [0.1, 0.15) is 17.9 Å². The molecule has 2 aromatic rings. The van der Waals surface area contributed by atoms with E-state index in [1.165, 1.54) is 0 Å². The van der Waals surface area contributed by atoms with Gasteiger partial charge in [0.15, 0.2) is 0 Å². The van der Waals surface area contributed by atoms with Crippen molar-refractivity contribution in [3.63, 3.8) is 0 Å². The number of anilines is 1. The van der Waals surface area contributed by atoms with Gasteiger partial charge >= 0.3 is 0 Å². The third-order valence-electron chi connectivity index (χ3n) is 2.22. The molecule has 1 heterocycles. The average Bonchev–Trinajstić information content (AvgIpc) is 2.51. The molecule has 2 rings (SSSR count). The lowest BCUT2D eigenvalue weighted by molar-refractivity contribution is 0.463. The molecule has 0 atom stereocenters. The number of pyridine rings is 1. The Morgan fingerprint density at radius 1 is 1.10 bits per heavy atom. The van der Waals surface area contributed by atoms with Crippen LogP contribution in [0.2, 0.25) is 0 Å². The van der Waals surface area contributed by atoms with Crippen molar-refractivity contribution in [2.45, 2.75) is 0 Å². The fourth-order valence-electron chi connectivity index (χ4n) is 1.32. The Morgan fingerprint density at radius 2 is 1.85 bits per heavy atom. The van der Waals surface area contributed by atoms with Gasteiger partial charge in [-0.3, -0.25) is 5.43 Å². The van der Waals surface area contributed by atoms with Crippen molar-refractivity contribution in [1.29, 1.82) is 10.5 Å². The Labute approximate surface area is 115 Å². The Hall–Kier alpha value is -3.38. The summed E-state index contributed by atoms with van der Waals surface area (Å²) in [4.78, 5) is 4.05. The quantitative estimate of drug-likeness (QED) is 0.676. The van der Waals surface area contributed by atoms with Crippen LogP contribution in [0.15, 0.2) is 53.8 Å². The number of nitrogens with one attached hydrogen (secondary N) is 1. The predicted molar refractivity (Wildman–Crippen MR) is 73.0 cm³/mol. The molecule has 96 valence electrons. The third-order valence-corrected chi connectivity index (χ3v) is 2.22. The van der Waals surface area contributed by atoms with Gasteiger partial charge < -0.3 is 4.74 Å². The lowest BCUT2D eigenvalue weighted by atomic mass is 10.3. The van der Waals surface area contributed by atoms with E-state index in [0.717, 1.165) is 0 Å². The van der Waals surface area contributed by atoms with Crippen LogP contribution in [0.4, 0.5) is 5.69 Å². The summed E-state index contributed by atoms with van der Waals surface area (Å²) in [5.74, 6) is 1.13. The van der Waals surface area contributed by atoms with Crippen molar-refractivity contribution in [2.75, 3.05) is 5.43 Å². The molecule has 0 bridgehead atoms. The highest BCUT2D eigenvalue weighted by Crippen LogP contribution is 2.20. The SMILES string of the molecule is N#CC(C#N)=NNc1ccc(Oc2ccccn2)cc1. The number of hydrazone groups is 1. The van der Waals surface area contributed by atoms with Gasteiger partial charge in [-0.25, -0.2) is 4.98 Å². The second-order valence-corrected chi connectivity index (χ2v) is 3.59. The van der Waals surface area contributed by atoms with Crippen LogP contribution in [0.25, 0.3) is 0 Å². The Balaban J connectivity index is 2.02. The maximum absolute atomic E-state index is 8.54. The molecule has 0 radical (unpaired) electrons. The molecular formula is C14H9N5O. The first-order valence-electron chi connectivity index (χ1n) is 5.64. The second-order valence-electron chi connectivity index (χ2n) is 3.59. The van der Waals surface area contributed by atoms with Crippen molar-refractivity contribution >= 4 is 11.4 Å². The number of hydrogen-bond donors (Lipinski definition) is 1. The smallest absolute Gasteiger partial charge is 0.237 e. The van der Waals surface area contributed by atoms with E-state index in [2.05, 4.69) is 15.5 Å². The van der Waals surface area contributed by atoms with Gasteiger partial charge in [0, 0.05) is 12.3 Å². The van der Waals surface area contributed by atoms with Crippen molar-refractivity contribution < 1.29 is 4.74 Å². The van der Waals surface area contributed by atoms with Crippen LogP contribution in [-0.2, 0) is 0 Å². The molecule has 0 unspecified atom stereocenters. The minimum absolute atomic E-state index is 0.237. The van der Waals surface area contributed by atoms with Crippen LogP contribution in [0.1, 0.15) is 0 Å². The fourth-order valence-corrected chi connectivity index (χ4v) is 1.32. The molecule has 20 heavy (non-hydrogen) atoms. The zero-order valence-electron chi connectivity index (χ0n) is 10.3. The molecular weight excluding hydrogens is 254 g/mol. The maximum atomic E-state index is 8.54. The molecule has 0 spiro atoms. The molecule has 0 aliphatic rings. The number of hydrogen-bond acceptors (Lipinski definition) is 6. The molecule has 0 amide bonds. The molecule has 0 aliphatic heterocycles. The van der Waals surface area contributed by atoms with E-state index in [1.54, 1.807) is 54.7 Å². The van der Waals surface area contributed by atoms with E-state index in [4.69, 9.17) is 15.3 Å². The number of ether oxygens (including phenoxy) is 1. The van der Waals surface area contributed by atoms with E-state index in [-0.39, 0.29) is 5.71 Å². The first kappa shape index (κ1) is 13.1. The largest absolute Gasteiger partial charge is 0.439 e. The lowest BCUT2D eigenvalue weighted by Crippen LogP contribution is -1.96. The zero-order valence-corrected chi connectivity index (χ0v) is 10.3. The highest BCUT2D eigenvalue weighted by Gasteiger charge is 1.98. The van der Waals surface area contributed by atoms with E-state index in [0.29, 0.717) is 17.3 Å². The van der Waals surface area contributed by atoms with Crippen molar-refractivity contribution in [3.05, 3.63) is 48.7 Å². The minimum Gasteiger partial charge on any atom is -0.439 e. The summed E-state index contributed by atoms with van der Waals surface area (Å²) in [5, 5.41) is 20.7. The monoisotopic (exact) mass is 263 g/mol. The molecule has 0 saturated carbocycles. The third kappa shape index (κ3) is 3.56. The number of nitriles is 2. The lowest BCUT2D eigenvalue weighted by Gasteiger charge is -2.05. The van der Waals surface area contributed by atoms with Crippen molar-refractivity contribution in [1.82, 2.24) is 4.98 Å². The summed E-state index contributed by atoms with van der Waals surface area (Å²) in [6, 6.07) is 15.6. The van der Waals surface area contributed by atoms with E-state index >= 15 is 0 Å². The summed E-state index contributed by atoms with van der Waals surface area (Å²) in [7, 11) is 0. The number of rotatable bonds is 4. The molecule has 6 nitrogen and oxygen atoms in total. The van der Waals surface area contributed by atoms with Crippen LogP contribution in [-0.4, -0.2) is 10.7 Å². The normalized spacial score (nSPS) is 8.90. The van der Waals surface area contributed by atoms with Crippen LogP contribution < -0.4 is 10.2 Å². The number of benzene rings is 1. The van der Waals surface area contributed by atoms with Gasteiger partial charge in [-0.1, -0.05) is 6.07 Å². The Bertz CT molecular complexity index is 664. The van der Waals surface area contributed by atoms with E-state index in [9.17, 15) is 0 Å². The van der Waals surface area contributed by atoms with Gasteiger partial charge in [-0.2, -0.15) is 15.6 Å². The highest BCUT2D eigenvalue weighted by atomic mass is 16.5. The standard InChI is InChI=1S/C14H9N5O/c15-9-12(10-16)19-18-11-4-6-13(7-5-11)20-14-3-1-2-8-17-14/h1-8,18H. The summed E-state index contributed by atoms with van der Waals surface area (Å²) in [5.41, 5.74) is 3.01. The summed E-state index contributed by atoms with van der Waals surface area (Å²) < 4.78 is 5.52. The van der Waals surface area contributed by atoms with Gasteiger partial charge in [-0.15, -0.1) is 0 Å². The highest BCUT2D eigenvalue weighted by molar-refractivity contribution is 6.10. The second kappa shape index (κ2) is 6.53. The summed E-state index contributed by atoms with van der Waals surface area (Å²) >= 11 is 0. The molecule has 6 heteroatoms. The minimum atomic E-state index is -0.237. The van der Waals surface area contributed by atoms with Crippen LogP contribution in [0.5, 0.6) is 11.6 Å². The number of aromatic nitrogens is 1. The Morgan fingerprint density at radius 3 is 2.45 bits per heavy atom. The first-order chi connectivity index (χ1) is 9.81.